The molecule has 2 N–H and O–H groups in total. The molecule has 0 radical (unpaired) electrons. The molecule has 0 atom stereocenters. The van der Waals surface area contributed by atoms with Crippen molar-refractivity contribution in [1.29, 1.82) is 0 Å². The van der Waals surface area contributed by atoms with Crippen LogP contribution in [-0.4, -0.2) is 30.3 Å². The van der Waals surface area contributed by atoms with Crippen molar-refractivity contribution < 1.29 is 14.3 Å². The molecule has 0 unspecified atom stereocenters. The number of para-hydroxylation sites is 1. The van der Waals surface area contributed by atoms with Gasteiger partial charge < -0.3 is 14.8 Å². The van der Waals surface area contributed by atoms with Crippen LogP contribution >= 0.6 is 0 Å². The first-order chi connectivity index (χ1) is 10.7. The molecule has 6 heteroatoms. The molecule has 1 heterocycles. The molecule has 2 aromatic carbocycles. The van der Waals surface area contributed by atoms with Crippen LogP contribution in [0.15, 0.2) is 42.6 Å². The summed E-state index contributed by atoms with van der Waals surface area (Å²) in [5, 5.41) is 10.5. The van der Waals surface area contributed by atoms with Crippen LogP contribution in [0, 0.1) is 0 Å². The number of carbonyl (C=O) groups excluding carboxylic acids is 1. The monoisotopic (exact) mass is 297 g/mol. The van der Waals surface area contributed by atoms with E-state index in [-0.39, 0.29) is 5.91 Å². The second-order valence-electron chi connectivity index (χ2n) is 4.66. The van der Waals surface area contributed by atoms with E-state index < -0.39 is 0 Å². The van der Waals surface area contributed by atoms with Crippen LogP contribution in [0.1, 0.15) is 10.4 Å². The molecule has 0 bridgehead atoms. The highest BCUT2D eigenvalue weighted by atomic mass is 16.5. The van der Waals surface area contributed by atoms with E-state index >= 15 is 0 Å². The van der Waals surface area contributed by atoms with Crippen molar-refractivity contribution >= 4 is 22.5 Å². The Morgan fingerprint density at radius 2 is 2.05 bits per heavy atom. The van der Waals surface area contributed by atoms with Crippen molar-refractivity contribution in [3.63, 3.8) is 0 Å². The highest BCUT2D eigenvalue weighted by molar-refractivity contribution is 6.12. The number of H-pyrrole nitrogens is 1. The van der Waals surface area contributed by atoms with Gasteiger partial charge in [0.2, 0.25) is 0 Å². The molecule has 0 saturated carbocycles. The van der Waals surface area contributed by atoms with Gasteiger partial charge in [0, 0.05) is 11.5 Å². The summed E-state index contributed by atoms with van der Waals surface area (Å²) < 4.78 is 10.4. The van der Waals surface area contributed by atoms with Crippen molar-refractivity contribution in [2.75, 3.05) is 19.5 Å². The Labute approximate surface area is 127 Å². The van der Waals surface area contributed by atoms with E-state index in [1.807, 2.05) is 12.1 Å². The molecular weight excluding hydrogens is 282 g/mol. The first-order valence-corrected chi connectivity index (χ1v) is 6.68. The Morgan fingerprint density at radius 1 is 1.18 bits per heavy atom. The van der Waals surface area contributed by atoms with E-state index in [1.54, 1.807) is 44.7 Å². The van der Waals surface area contributed by atoms with Crippen molar-refractivity contribution in [1.82, 2.24) is 10.2 Å². The molecule has 0 aliphatic heterocycles. The largest absolute Gasteiger partial charge is 0.497 e. The van der Waals surface area contributed by atoms with Crippen LogP contribution in [0.2, 0.25) is 0 Å². The van der Waals surface area contributed by atoms with Crippen LogP contribution in [0.25, 0.3) is 10.9 Å². The summed E-state index contributed by atoms with van der Waals surface area (Å²) in [5.74, 6) is 0.952. The van der Waals surface area contributed by atoms with E-state index in [2.05, 4.69) is 15.5 Å². The normalized spacial score (nSPS) is 10.5. The van der Waals surface area contributed by atoms with Crippen LogP contribution in [0.4, 0.5) is 5.69 Å². The third-order valence-corrected chi connectivity index (χ3v) is 3.38. The van der Waals surface area contributed by atoms with Crippen molar-refractivity contribution in [2.45, 2.75) is 0 Å². The fourth-order valence-corrected chi connectivity index (χ4v) is 2.25. The second kappa shape index (κ2) is 5.77. The van der Waals surface area contributed by atoms with Crippen LogP contribution < -0.4 is 14.8 Å². The van der Waals surface area contributed by atoms with Gasteiger partial charge in [-0.25, -0.2) is 0 Å². The topological polar surface area (TPSA) is 76.2 Å². The first kappa shape index (κ1) is 13.9. The molecule has 22 heavy (non-hydrogen) atoms. The van der Waals surface area contributed by atoms with Gasteiger partial charge >= 0.3 is 0 Å². The lowest BCUT2D eigenvalue weighted by Gasteiger charge is -2.12. The van der Waals surface area contributed by atoms with Crippen molar-refractivity contribution in [3.8, 4) is 11.5 Å². The Morgan fingerprint density at radius 3 is 2.82 bits per heavy atom. The predicted molar refractivity (Wildman–Crippen MR) is 83.6 cm³/mol. The SMILES string of the molecule is COc1ccc(NC(=O)c2cccc3cn[nH]c23)c(OC)c1. The molecule has 3 aromatic rings. The lowest BCUT2D eigenvalue weighted by atomic mass is 10.1. The third-order valence-electron chi connectivity index (χ3n) is 3.38. The Bertz CT molecular complexity index is 826. The zero-order valence-corrected chi connectivity index (χ0v) is 12.2. The second-order valence-corrected chi connectivity index (χ2v) is 4.66. The molecule has 1 aromatic heterocycles. The molecule has 112 valence electrons. The van der Waals surface area contributed by atoms with Gasteiger partial charge in [-0.15, -0.1) is 0 Å². The number of methoxy groups -OCH3 is 2. The van der Waals surface area contributed by atoms with E-state index in [4.69, 9.17) is 9.47 Å². The smallest absolute Gasteiger partial charge is 0.257 e. The van der Waals surface area contributed by atoms with Gasteiger partial charge in [0.25, 0.3) is 5.91 Å². The molecule has 0 saturated heterocycles. The maximum atomic E-state index is 12.5. The summed E-state index contributed by atoms with van der Waals surface area (Å²) in [5.41, 5.74) is 1.80. The lowest BCUT2D eigenvalue weighted by molar-refractivity contribution is 0.102. The summed E-state index contributed by atoms with van der Waals surface area (Å²) in [4.78, 5) is 12.5. The Balaban J connectivity index is 1.93. The number of rotatable bonds is 4. The highest BCUT2D eigenvalue weighted by Gasteiger charge is 2.14. The van der Waals surface area contributed by atoms with Crippen molar-refractivity contribution in [3.05, 3.63) is 48.2 Å². The Hall–Kier alpha value is -3.02. The summed E-state index contributed by atoms with van der Waals surface area (Å²) >= 11 is 0. The highest BCUT2D eigenvalue weighted by Crippen LogP contribution is 2.29. The molecule has 1 amide bonds. The summed E-state index contributed by atoms with van der Waals surface area (Å²) in [7, 11) is 3.12. The van der Waals surface area contributed by atoms with Gasteiger partial charge in [0.05, 0.1) is 37.2 Å². The summed E-state index contributed by atoms with van der Waals surface area (Å²) in [6.07, 6.45) is 1.68. The number of nitrogens with zero attached hydrogens (tertiary/aromatic N) is 1. The molecule has 0 spiro atoms. The van der Waals surface area contributed by atoms with Crippen LogP contribution in [0.3, 0.4) is 0 Å². The van der Waals surface area contributed by atoms with Gasteiger partial charge in [-0.1, -0.05) is 12.1 Å². The number of fused-ring (bicyclic) bond motifs is 1. The summed E-state index contributed by atoms with van der Waals surface area (Å²) in [6.45, 7) is 0. The van der Waals surface area contributed by atoms with E-state index in [9.17, 15) is 4.79 Å². The van der Waals surface area contributed by atoms with E-state index in [0.717, 1.165) is 5.39 Å². The number of nitrogens with one attached hydrogen (secondary N) is 2. The Kier molecular flexibility index (Phi) is 3.65. The third kappa shape index (κ3) is 2.46. The fraction of sp³-hybridized carbons (Fsp3) is 0.125. The maximum Gasteiger partial charge on any atom is 0.257 e. The number of carbonyl (C=O) groups is 1. The minimum absolute atomic E-state index is 0.238. The minimum atomic E-state index is -0.238. The number of ether oxygens (including phenoxy) is 2. The maximum absolute atomic E-state index is 12.5. The molecule has 6 nitrogen and oxygen atoms in total. The number of aromatic nitrogens is 2. The van der Waals surface area contributed by atoms with Gasteiger partial charge in [-0.2, -0.15) is 5.10 Å². The molecule has 0 fully saturated rings. The van der Waals surface area contributed by atoms with Gasteiger partial charge in [0.15, 0.2) is 0 Å². The molecule has 3 rings (SSSR count). The lowest BCUT2D eigenvalue weighted by Crippen LogP contribution is -2.13. The molecule has 0 aliphatic carbocycles. The number of hydrogen-bond donors (Lipinski definition) is 2. The number of hydrogen-bond acceptors (Lipinski definition) is 4. The fourth-order valence-electron chi connectivity index (χ4n) is 2.25. The zero-order chi connectivity index (χ0) is 15.5. The molecular formula is C16H15N3O3. The molecule has 0 aliphatic rings. The van der Waals surface area contributed by atoms with E-state index in [0.29, 0.717) is 28.3 Å². The predicted octanol–water partition coefficient (Wildman–Crippen LogP) is 2.83. The number of amides is 1. The number of anilines is 1. The standard InChI is InChI=1S/C16H15N3O3/c1-21-11-6-7-13(14(8-11)22-2)18-16(20)12-5-3-4-10-9-17-19-15(10)12/h3-9H,1-2H3,(H,17,19)(H,18,20). The van der Waals surface area contributed by atoms with Crippen LogP contribution in [-0.2, 0) is 0 Å². The van der Waals surface area contributed by atoms with Gasteiger partial charge in [-0.05, 0) is 18.2 Å². The van der Waals surface area contributed by atoms with Gasteiger partial charge in [0.1, 0.15) is 11.5 Å². The zero-order valence-electron chi connectivity index (χ0n) is 12.2. The quantitative estimate of drug-likeness (QED) is 0.776. The van der Waals surface area contributed by atoms with Crippen molar-refractivity contribution in [2.24, 2.45) is 0 Å². The van der Waals surface area contributed by atoms with E-state index in [1.165, 1.54) is 0 Å². The minimum Gasteiger partial charge on any atom is -0.497 e. The average Bonchev–Trinajstić information content (AvgIpc) is 3.03. The van der Waals surface area contributed by atoms with Crippen LogP contribution in [0.5, 0.6) is 11.5 Å². The first-order valence-electron chi connectivity index (χ1n) is 6.68. The van der Waals surface area contributed by atoms with Gasteiger partial charge in [-0.3, -0.25) is 9.89 Å². The summed E-state index contributed by atoms with van der Waals surface area (Å²) in [6, 6.07) is 10.7. The average molecular weight is 297 g/mol. The number of benzene rings is 2. The number of aromatic amines is 1.